The predicted octanol–water partition coefficient (Wildman–Crippen LogP) is 3.33. The SMILES string of the molecule is COc1ccc(OC(F)(F)F)cc1Cn1cc(CNc2cc3c(c(C)n2)NC(=O)[C@H](C)N3C)nn1. The van der Waals surface area contributed by atoms with Gasteiger partial charge in [-0.3, -0.25) is 4.79 Å². The van der Waals surface area contributed by atoms with Crippen LogP contribution >= 0.6 is 0 Å². The van der Waals surface area contributed by atoms with Gasteiger partial charge in [-0.1, -0.05) is 5.21 Å². The molecule has 186 valence electrons. The van der Waals surface area contributed by atoms with Crippen molar-refractivity contribution in [2.75, 3.05) is 29.7 Å². The van der Waals surface area contributed by atoms with E-state index < -0.39 is 6.36 Å². The summed E-state index contributed by atoms with van der Waals surface area (Å²) in [6.45, 7) is 4.07. The van der Waals surface area contributed by atoms with Gasteiger partial charge in [0.15, 0.2) is 0 Å². The van der Waals surface area contributed by atoms with Crippen LogP contribution < -0.4 is 25.0 Å². The molecule has 0 saturated heterocycles. The van der Waals surface area contributed by atoms with Crippen LogP contribution in [0.15, 0.2) is 30.5 Å². The molecule has 1 atom stereocenters. The quantitative estimate of drug-likeness (QED) is 0.519. The smallest absolute Gasteiger partial charge is 0.496 e. The Morgan fingerprint density at radius 2 is 2.03 bits per heavy atom. The first-order valence-corrected chi connectivity index (χ1v) is 10.6. The van der Waals surface area contributed by atoms with Crippen molar-refractivity contribution in [2.24, 2.45) is 0 Å². The van der Waals surface area contributed by atoms with E-state index in [-0.39, 0.29) is 24.2 Å². The Kier molecular flexibility index (Phi) is 6.41. The summed E-state index contributed by atoms with van der Waals surface area (Å²) in [6.07, 6.45) is -3.12. The maximum Gasteiger partial charge on any atom is 0.573 e. The molecule has 3 heterocycles. The molecule has 0 radical (unpaired) electrons. The van der Waals surface area contributed by atoms with E-state index in [9.17, 15) is 18.0 Å². The number of rotatable bonds is 7. The Hall–Kier alpha value is -4.03. The second-order valence-corrected chi connectivity index (χ2v) is 8.05. The zero-order chi connectivity index (χ0) is 25.3. The van der Waals surface area contributed by atoms with E-state index in [1.54, 1.807) is 6.20 Å². The van der Waals surface area contributed by atoms with Gasteiger partial charge < -0.3 is 25.0 Å². The number of carbonyl (C=O) groups excluding carboxylic acids is 1. The van der Waals surface area contributed by atoms with Gasteiger partial charge in [0.05, 0.1) is 43.5 Å². The highest BCUT2D eigenvalue weighted by Crippen LogP contribution is 2.35. The van der Waals surface area contributed by atoms with Crippen molar-refractivity contribution in [3.63, 3.8) is 0 Å². The molecule has 10 nitrogen and oxygen atoms in total. The van der Waals surface area contributed by atoms with Gasteiger partial charge in [0.2, 0.25) is 5.91 Å². The van der Waals surface area contributed by atoms with Crippen LogP contribution in [0.1, 0.15) is 23.9 Å². The van der Waals surface area contributed by atoms with Gasteiger partial charge in [0.1, 0.15) is 29.1 Å². The monoisotopic (exact) mass is 491 g/mol. The molecular formula is C22H24F3N7O3. The number of nitrogens with one attached hydrogen (secondary N) is 2. The van der Waals surface area contributed by atoms with E-state index in [1.807, 2.05) is 31.9 Å². The van der Waals surface area contributed by atoms with Gasteiger partial charge in [-0.25, -0.2) is 9.67 Å². The molecule has 2 aromatic heterocycles. The molecule has 1 aliphatic rings. The largest absolute Gasteiger partial charge is 0.573 e. The molecular weight excluding hydrogens is 467 g/mol. The number of benzene rings is 1. The molecule has 1 amide bonds. The third kappa shape index (κ3) is 5.39. The number of likely N-dealkylation sites (N-methyl/N-ethyl adjacent to an activating group) is 1. The summed E-state index contributed by atoms with van der Waals surface area (Å²) in [5.41, 5.74) is 3.25. The standard InChI is InChI=1S/C22H24F3N7O3/c1-12-20-17(31(3)13(2)21(33)28-20)8-19(27-12)26-9-15-11-32(30-29-15)10-14-7-16(35-22(23,24)25)5-6-18(14)34-4/h5-8,11,13H,9-10H2,1-4H3,(H,26,27)(H,28,33)/t13-/m0/s1. The fraction of sp³-hybridized carbons (Fsp3) is 0.364. The Labute approximate surface area is 199 Å². The predicted molar refractivity (Wildman–Crippen MR) is 122 cm³/mol. The summed E-state index contributed by atoms with van der Waals surface area (Å²) in [5, 5.41) is 14.2. The average Bonchev–Trinajstić information content (AvgIpc) is 3.23. The zero-order valence-corrected chi connectivity index (χ0v) is 19.5. The number of hydrogen-bond donors (Lipinski definition) is 2. The minimum atomic E-state index is -4.79. The van der Waals surface area contributed by atoms with E-state index >= 15 is 0 Å². The molecule has 1 aliphatic heterocycles. The van der Waals surface area contributed by atoms with Gasteiger partial charge >= 0.3 is 6.36 Å². The lowest BCUT2D eigenvalue weighted by atomic mass is 10.1. The van der Waals surface area contributed by atoms with Gasteiger partial charge in [-0.05, 0) is 32.0 Å². The van der Waals surface area contributed by atoms with Gasteiger partial charge in [-0.2, -0.15) is 0 Å². The molecule has 0 spiro atoms. The lowest BCUT2D eigenvalue weighted by Crippen LogP contribution is -2.44. The number of alkyl halides is 3. The topological polar surface area (TPSA) is 106 Å². The van der Waals surface area contributed by atoms with Crippen LogP contribution in [0, 0.1) is 6.92 Å². The number of amides is 1. The van der Waals surface area contributed by atoms with Crippen LogP contribution in [-0.4, -0.2) is 52.4 Å². The Bertz CT molecular complexity index is 1250. The number of methoxy groups -OCH3 is 1. The molecule has 3 aromatic rings. The zero-order valence-electron chi connectivity index (χ0n) is 19.5. The van der Waals surface area contributed by atoms with E-state index in [0.29, 0.717) is 40.8 Å². The number of aromatic nitrogens is 4. The van der Waals surface area contributed by atoms with Crippen LogP contribution in [-0.2, 0) is 17.9 Å². The number of hydrogen-bond acceptors (Lipinski definition) is 8. The summed E-state index contributed by atoms with van der Waals surface area (Å²) < 4.78 is 48.4. The van der Waals surface area contributed by atoms with Crippen LogP contribution in [0.4, 0.5) is 30.4 Å². The van der Waals surface area contributed by atoms with Crippen molar-refractivity contribution in [2.45, 2.75) is 39.3 Å². The fourth-order valence-electron chi connectivity index (χ4n) is 3.72. The molecule has 13 heteroatoms. The van der Waals surface area contributed by atoms with Gasteiger partial charge in [0, 0.05) is 18.7 Å². The number of carbonyl (C=O) groups is 1. The summed E-state index contributed by atoms with van der Waals surface area (Å²) in [6, 6.07) is 5.38. The second-order valence-electron chi connectivity index (χ2n) is 8.05. The van der Waals surface area contributed by atoms with Crippen molar-refractivity contribution in [3.8, 4) is 11.5 Å². The van der Waals surface area contributed by atoms with Gasteiger partial charge in [-0.15, -0.1) is 18.3 Å². The van der Waals surface area contributed by atoms with Crippen LogP contribution in [0.25, 0.3) is 0 Å². The van der Waals surface area contributed by atoms with Crippen LogP contribution in [0.3, 0.4) is 0 Å². The molecule has 0 bridgehead atoms. The molecule has 35 heavy (non-hydrogen) atoms. The number of ether oxygens (including phenoxy) is 2. The normalized spacial score (nSPS) is 15.5. The molecule has 0 aliphatic carbocycles. The first-order valence-electron chi connectivity index (χ1n) is 10.6. The van der Waals surface area contributed by atoms with Crippen molar-refractivity contribution < 1.29 is 27.4 Å². The number of anilines is 3. The lowest BCUT2D eigenvalue weighted by molar-refractivity contribution is -0.274. The van der Waals surface area contributed by atoms with Crippen LogP contribution in [0.5, 0.6) is 11.5 Å². The number of aryl methyl sites for hydroxylation is 1. The van der Waals surface area contributed by atoms with E-state index in [4.69, 9.17) is 4.74 Å². The highest BCUT2D eigenvalue weighted by molar-refractivity contribution is 6.04. The van der Waals surface area contributed by atoms with E-state index in [2.05, 4.69) is 30.7 Å². The lowest BCUT2D eigenvalue weighted by Gasteiger charge is -2.34. The summed E-state index contributed by atoms with van der Waals surface area (Å²) >= 11 is 0. The van der Waals surface area contributed by atoms with Crippen molar-refractivity contribution in [3.05, 3.63) is 47.4 Å². The highest BCUT2D eigenvalue weighted by Gasteiger charge is 2.31. The minimum Gasteiger partial charge on any atom is -0.496 e. The first kappa shape index (κ1) is 24.1. The fourth-order valence-corrected chi connectivity index (χ4v) is 3.72. The Balaban J connectivity index is 1.46. The van der Waals surface area contributed by atoms with E-state index in [0.717, 1.165) is 5.69 Å². The molecule has 1 aromatic carbocycles. The minimum absolute atomic E-state index is 0.0886. The molecule has 0 unspecified atom stereocenters. The Morgan fingerprint density at radius 3 is 2.74 bits per heavy atom. The van der Waals surface area contributed by atoms with E-state index in [1.165, 1.54) is 30.0 Å². The third-order valence-corrected chi connectivity index (χ3v) is 5.62. The molecule has 2 N–H and O–H groups in total. The molecule has 0 saturated carbocycles. The summed E-state index contributed by atoms with van der Waals surface area (Å²) in [4.78, 5) is 18.5. The number of fused-ring (bicyclic) bond motifs is 1. The third-order valence-electron chi connectivity index (χ3n) is 5.62. The first-order chi connectivity index (χ1) is 16.5. The van der Waals surface area contributed by atoms with Crippen LogP contribution in [0.2, 0.25) is 0 Å². The maximum atomic E-state index is 12.6. The van der Waals surface area contributed by atoms with Gasteiger partial charge in [0.25, 0.3) is 0 Å². The molecule has 4 rings (SSSR count). The van der Waals surface area contributed by atoms with Crippen molar-refractivity contribution in [1.29, 1.82) is 0 Å². The number of nitrogens with zero attached hydrogens (tertiary/aromatic N) is 5. The molecule has 0 fully saturated rings. The van der Waals surface area contributed by atoms with Crippen molar-refractivity contribution >= 4 is 23.1 Å². The Morgan fingerprint density at radius 1 is 1.26 bits per heavy atom. The summed E-state index contributed by atoms with van der Waals surface area (Å²) in [5.74, 6) is 0.563. The highest BCUT2D eigenvalue weighted by atomic mass is 19.4. The second kappa shape index (κ2) is 9.31. The number of halogens is 3. The summed E-state index contributed by atoms with van der Waals surface area (Å²) in [7, 11) is 3.27. The van der Waals surface area contributed by atoms with Crippen molar-refractivity contribution in [1.82, 2.24) is 20.0 Å². The number of pyridine rings is 1. The maximum absolute atomic E-state index is 12.6. The average molecular weight is 491 g/mol.